The summed E-state index contributed by atoms with van der Waals surface area (Å²) in [5.74, 6) is 0.925. The maximum absolute atomic E-state index is 8.97. The quantitative estimate of drug-likeness (QED) is 0.684. The first-order valence-electron chi connectivity index (χ1n) is 6.57. The standard InChI is InChI=1S/C13H25N3/c1-3-8-15-13(10-14)7-9-16(2)11-12-5-4-6-12/h12-13,15H,3-9,11H2,1-2H3. The van der Waals surface area contributed by atoms with Crippen molar-refractivity contribution in [1.29, 1.82) is 5.26 Å². The Morgan fingerprint density at radius 1 is 1.50 bits per heavy atom. The molecule has 1 rings (SSSR count). The predicted octanol–water partition coefficient (Wildman–Crippen LogP) is 2.00. The largest absolute Gasteiger partial charge is 0.306 e. The van der Waals surface area contributed by atoms with Gasteiger partial charge in [-0.25, -0.2) is 0 Å². The summed E-state index contributed by atoms with van der Waals surface area (Å²) in [5.41, 5.74) is 0. The van der Waals surface area contributed by atoms with Gasteiger partial charge in [-0.05, 0) is 45.2 Å². The summed E-state index contributed by atoms with van der Waals surface area (Å²) in [6.07, 6.45) is 6.26. The summed E-state index contributed by atoms with van der Waals surface area (Å²) in [6, 6.07) is 2.37. The number of rotatable bonds is 8. The minimum Gasteiger partial charge on any atom is -0.306 e. The van der Waals surface area contributed by atoms with Gasteiger partial charge in [-0.15, -0.1) is 0 Å². The van der Waals surface area contributed by atoms with Crippen LogP contribution in [0.25, 0.3) is 0 Å². The van der Waals surface area contributed by atoms with Crippen LogP contribution in [0.15, 0.2) is 0 Å². The first-order valence-corrected chi connectivity index (χ1v) is 6.57. The average Bonchev–Trinajstić information content (AvgIpc) is 2.24. The summed E-state index contributed by atoms with van der Waals surface area (Å²) in [5, 5.41) is 12.2. The van der Waals surface area contributed by atoms with Crippen molar-refractivity contribution < 1.29 is 0 Å². The molecule has 0 aromatic carbocycles. The molecular weight excluding hydrogens is 198 g/mol. The van der Waals surface area contributed by atoms with Crippen LogP contribution in [0.2, 0.25) is 0 Å². The van der Waals surface area contributed by atoms with E-state index in [4.69, 9.17) is 5.26 Å². The Morgan fingerprint density at radius 3 is 2.75 bits per heavy atom. The molecule has 0 aromatic heterocycles. The molecule has 0 heterocycles. The molecule has 1 aliphatic rings. The molecule has 0 aromatic rings. The lowest BCUT2D eigenvalue weighted by atomic mass is 9.85. The van der Waals surface area contributed by atoms with Crippen molar-refractivity contribution in [2.24, 2.45) is 5.92 Å². The first kappa shape index (κ1) is 13.5. The third-order valence-corrected chi connectivity index (χ3v) is 3.39. The van der Waals surface area contributed by atoms with Crippen LogP contribution in [0.4, 0.5) is 0 Å². The second kappa shape index (κ2) is 7.65. The highest BCUT2D eigenvalue weighted by Crippen LogP contribution is 2.26. The van der Waals surface area contributed by atoms with Gasteiger partial charge in [0.25, 0.3) is 0 Å². The Bertz CT molecular complexity index is 218. The van der Waals surface area contributed by atoms with Crippen LogP contribution < -0.4 is 5.32 Å². The zero-order valence-electron chi connectivity index (χ0n) is 10.7. The van der Waals surface area contributed by atoms with Crippen LogP contribution in [0.3, 0.4) is 0 Å². The Balaban J connectivity index is 2.08. The van der Waals surface area contributed by atoms with E-state index in [1.807, 2.05) is 0 Å². The molecule has 1 aliphatic carbocycles. The van der Waals surface area contributed by atoms with Crippen molar-refractivity contribution in [3.63, 3.8) is 0 Å². The van der Waals surface area contributed by atoms with Crippen LogP contribution in [0.1, 0.15) is 39.0 Å². The third-order valence-electron chi connectivity index (χ3n) is 3.39. The molecule has 1 N–H and O–H groups in total. The SMILES string of the molecule is CCCNC(C#N)CCN(C)CC1CCC1. The Labute approximate surface area is 99.8 Å². The molecule has 1 unspecified atom stereocenters. The van der Waals surface area contributed by atoms with E-state index in [1.54, 1.807) is 0 Å². The van der Waals surface area contributed by atoms with Gasteiger partial charge in [0.2, 0.25) is 0 Å². The Morgan fingerprint density at radius 2 is 2.25 bits per heavy atom. The lowest BCUT2D eigenvalue weighted by molar-refractivity contribution is 0.201. The van der Waals surface area contributed by atoms with Gasteiger partial charge < -0.3 is 10.2 Å². The van der Waals surface area contributed by atoms with E-state index < -0.39 is 0 Å². The molecule has 1 saturated carbocycles. The van der Waals surface area contributed by atoms with Crippen LogP contribution in [-0.4, -0.2) is 37.6 Å². The number of hydrogen-bond acceptors (Lipinski definition) is 3. The maximum atomic E-state index is 8.97. The fourth-order valence-corrected chi connectivity index (χ4v) is 2.09. The number of nitrogens with zero attached hydrogens (tertiary/aromatic N) is 2. The van der Waals surface area contributed by atoms with Crippen molar-refractivity contribution in [3.05, 3.63) is 0 Å². The first-order chi connectivity index (χ1) is 7.76. The molecule has 0 radical (unpaired) electrons. The molecule has 0 amide bonds. The summed E-state index contributed by atoms with van der Waals surface area (Å²) in [6.45, 7) is 5.33. The topological polar surface area (TPSA) is 39.1 Å². The predicted molar refractivity (Wildman–Crippen MR) is 67.1 cm³/mol. The average molecular weight is 223 g/mol. The van der Waals surface area contributed by atoms with E-state index in [1.165, 1.54) is 25.8 Å². The molecule has 1 atom stereocenters. The normalized spacial score (nSPS) is 18.1. The molecule has 0 aliphatic heterocycles. The number of nitrogens with one attached hydrogen (secondary N) is 1. The zero-order valence-corrected chi connectivity index (χ0v) is 10.7. The van der Waals surface area contributed by atoms with Crippen LogP contribution in [0.5, 0.6) is 0 Å². The molecule has 16 heavy (non-hydrogen) atoms. The number of hydrogen-bond donors (Lipinski definition) is 1. The van der Waals surface area contributed by atoms with E-state index in [-0.39, 0.29) is 6.04 Å². The monoisotopic (exact) mass is 223 g/mol. The van der Waals surface area contributed by atoms with E-state index in [9.17, 15) is 0 Å². The van der Waals surface area contributed by atoms with E-state index in [2.05, 4.69) is 30.3 Å². The van der Waals surface area contributed by atoms with E-state index in [0.29, 0.717) is 0 Å². The second-order valence-corrected chi connectivity index (χ2v) is 4.98. The molecule has 3 nitrogen and oxygen atoms in total. The van der Waals surface area contributed by atoms with Crippen molar-refractivity contribution in [2.45, 2.75) is 45.1 Å². The van der Waals surface area contributed by atoms with Gasteiger partial charge in [-0.3, -0.25) is 0 Å². The highest BCUT2D eigenvalue weighted by atomic mass is 15.1. The van der Waals surface area contributed by atoms with Crippen molar-refractivity contribution in [1.82, 2.24) is 10.2 Å². The van der Waals surface area contributed by atoms with Crippen molar-refractivity contribution >= 4 is 0 Å². The Kier molecular flexibility index (Phi) is 6.44. The van der Waals surface area contributed by atoms with Crippen molar-refractivity contribution in [3.8, 4) is 6.07 Å². The van der Waals surface area contributed by atoms with Gasteiger partial charge >= 0.3 is 0 Å². The fourth-order valence-electron chi connectivity index (χ4n) is 2.09. The lowest BCUT2D eigenvalue weighted by Crippen LogP contribution is -2.35. The summed E-state index contributed by atoms with van der Waals surface area (Å²) in [7, 11) is 2.17. The second-order valence-electron chi connectivity index (χ2n) is 4.98. The molecule has 92 valence electrons. The van der Waals surface area contributed by atoms with Gasteiger partial charge in [0.15, 0.2) is 0 Å². The van der Waals surface area contributed by atoms with Gasteiger partial charge in [-0.2, -0.15) is 5.26 Å². The van der Waals surface area contributed by atoms with E-state index in [0.717, 1.165) is 31.8 Å². The molecule has 3 heteroatoms. The summed E-state index contributed by atoms with van der Waals surface area (Å²) < 4.78 is 0. The van der Waals surface area contributed by atoms with Crippen LogP contribution >= 0.6 is 0 Å². The maximum Gasteiger partial charge on any atom is 0.0965 e. The zero-order chi connectivity index (χ0) is 11.8. The molecule has 0 saturated heterocycles. The minimum absolute atomic E-state index is 0.0313. The summed E-state index contributed by atoms with van der Waals surface area (Å²) >= 11 is 0. The van der Waals surface area contributed by atoms with Crippen molar-refractivity contribution in [2.75, 3.05) is 26.7 Å². The fraction of sp³-hybridized carbons (Fsp3) is 0.923. The van der Waals surface area contributed by atoms with Gasteiger partial charge in [0, 0.05) is 13.1 Å². The van der Waals surface area contributed by atoms with Crippen LogP contribution in [0, 0.1) is 17.2 Å². The highest BCUT2D eigenvalue weighted by Gasteiger charge is 2.19. The molecular formula is C13H25N3. The number of nitriles is 1. The van der Waals surface area contributed by atoms with E-state index >= 15 is 0 Å². The highest BCUT2D eigenvalue weighted by molar-refractivity contribution is 4.90. The van der Waals surface area contributed by atoms with Gasteiger partial charge in [0.1, 0.15) is 0 Å². The van der Waals surface area contributed by atoms with Gasteiger partial charge in [0.05, 0.1) is 12.1 Å². The Hall–Kier alpha value is -0.590. The lowest BCUT2D eigenvalue weighted by Gasteiger charge is -2.30. The molecule has 1 fully saturated rings. The minimum atomic E-state index is 0.0313. The molecule has 0 bridgehead atoms. The molecule has 0 spiro atoms. The smallest absolute Gasteiger partial charge is 0.0965 e. The van der Waals surface area contributed by atoms with Gasteiger partial charge in [-0.1, -0.05) is 13.3 Å². The summed E-state index contributed by atoms with van der Waals surface area (Å²) in [4.78, 5) is 2.38. The third kappa shape index (κ3) is 4.96. The van der Waals surface area contributed by atoms with Crippen LogP contribution in [-0.2, 0) is 0 Å².